The first-order valence-corrected chi connectivity index (χ1v) is 9.36. The highest BCUT2D eigenvalue weighted by atomic mass is 32.2. The van der Waals surface area contributed by atoms with Crippen LogP contribution in [0, 0.1) is 0 Å². The van der Waals surface area contributed by atoms with Crippen molar-refractivity contribution >= 4 is 10.0 Å². The molecule has 0 aliphatic rings. The van der Waals surface area contributed by atoms with Gasteiger partial charge in [-0.3, -0.25) is 0 Å². The van der Waals surface area contributed by atoms with Crippen molar-refractivity contribution in [3.8, 4) is 0 Å². The molecule has 0 aromatic heterocycles. The summed E-state index contributed by atoms with van der Waals surface area (Å²) < 4.78 is 26.9. The number of ether oxygens (including phenoxy) is 1. The Hall–Kier alpha value is -0.130. The third-order valence-electron chi connectivity index (χ3n) is 3.11. The summed E-state index contributed by atoms with van der Waals surface area (Å²) in [4.78, 5) is 0. The number of rotatable bonds is 14. The summed E-state index contributed by atoms with van der Waals surface area (Å²) in [6, 6.07) is 0. The van der Waals surface area contributed by atoms with E-state index in [1.165, 1.54) is 38.5 Å². The maximum Gasteiger partial charge on any atom is 0.209 e. The quantitative estimate of drug-likeness (QED) is 0.500. The molecule has 4 nitrogen and oxygen atoms in total. The Labute approximate surface area is 119 Å². The van der Waals surface area contributed by atoms with E-state index in [0.29, 0.717) is 6.42 Å². The molecule has 2 N–H and O–H groups in total. The monoisotopic (exact) mass is 293 g/mol. The van der Waals surface area contributed by atoms with Crippen LogP contribution in [0.1, 0.15) is 71.1 Å². The predicted molar refractivity (Wildman–Crippen MR) is 80.6 cm³/mol. The molecule has 0 atom stereocenters. The zero-order valence-corrected chi connectivity index (χ0v) is 13.2. The fourth-order valence-corrected chi connectivity index (χ4v) is 2.55. The Bertz CT molecular complexity index is 278. The maximum atomic E-state index is 10.7. The molecule has 0 heterocycles. The van der Waals surface area contributed by atoms with Crippen molar-refractivity contribution in [2.75, 3.05) is 19.0 Å². The molecule has 19 heavy (non-hydrogen) atoms. The van der Waals surface area contributed by atoms with Gasteiger partial charge in [0.25, 0.3) is 0 Å². The second kappa shape index (κ2) is 12.9. The SMILES string of the molecule is CCCCCOCCCCCCCCCS(N)(=O)=O. The molecule has 0 bridgehead atoms. The molecule has 0 radical (unpaired) electrons. The van der Waals surface area contributed by atoms with Gasteiger partial charge < -0.3 is 4.74 Å². The van der Waals surface area contributed by atoms with Gasteiger partial charge in [-0.05, 0) is 19.3 Å². The highest BCUT2D eigenvalue weighted by Crippen LogP contribution is 2.08. The van der Waals surface area contributed by atoms with Gasteiger partial charge in [-0.2, -0.15) is 0 Å². The van der Waals surface area contributed by atoms with Crippen LogP contribution in [0.15, 0.2) is 0 Å². The maximum absolute atomic E-state index is 10.7. The second-order valence-electron chi connectivity index (χ2n) is 5.16. The summed E-state index contributed by atoms with van der Waals surface area (Å²) >= 11 is 0. The van der Waals surface area contributed by atoms with Gasteiger partial charge in [0.15, 0.2) is 0 Å². The third-order valence-corrected chi connectivity index (χ3v) is 3.97. The molecule has 5 heteroatoms. The first-order valence-electron chi connectivity index (χ1n) is 7.64. The fourth-order valence-electron chi connectivity index (χ4n) is 1.95. The lowest BCUT2D eigenvalue weighted by Gasteiger charge is -2.04. The van der Waals surface area contributed by atoms with Crippen molar-refractivity contribution in [3.05, 3.63) is 0 Å². The fraction of sp³-hybridized carbons (Fsp3) is 1.00. The van der Waals surface area contributed by atoms with Crippen molar-refractivity contribution in [2.45, 2.75) is 71.1 Å². The van der Waals surface area contributed by atoms with Gasteiger partial charge in [0.05, 0.1) is 5.75 Å². The van der Waals surface area contributed by atoms with Gasteiger partial charge in [0.2, 0.25) is 10.0 Å². The largest absolute Gasteiger partial charge is 0.381 e. The first-order chi connectivity index (χ1) is 9.06. The lowest BCUT2D eigenvalue weighted by atomic mass is 10.1. The van der Waals surface area contributed by atoms with Crippen LogP contribution in [0.4, 0.5) is 0 Å². The van der Waals surface area contributed by atoms with E-state index in [9.17, 15) is 8.42 Å². The van der Waals surface area contributed by atoms with E-state index >= 15 is 0 Å². The molecule has 0 spiro atoms. The third kappa shape index (κ3) is 17.9. The molecule has 0 saturated heterocycles. The van der Waals surface area contributed by atoms with Crippen LogP contribution in [0.3, 0.4) is 0 Å². The summed E-state index contributed by atoms with van der Waals surface area (Å²) in [7, 11) is -3.26. The summed E-state index contributed by atoms with van der Waals surface area (Å²) in [6.07, 6.45) is 11.2. The zero-order valence-electron chi connectivity index (χ0n) is 12.4. The first kappa shape index (κ1) is 18.9. The van der Waals surface area contributed by atoms with Gasteiger partial charge in [-0.25, -0.2) is 13.6 Å². The van der Waals surface area contributed by atoms with E-state index < -0.39 is 10.0 Å². The van der Waals surface area contributed by atoms with Crippen LogP contribution in [-0.4, -0.2) is 27.4 Å². The number of primary sulfonamides is 1. The Balaban J connectivity index is 3.03. The Kier molecular flexibility index (Phi) is 12.8. The standard InChI is InChI=1S/C14H31NO3S/c1-2-3-9-12-18-13-10-7-5-4-6-8-11-14-19(15,16)17/h2-14H2,1H3,(H2,15,16,17). The minimum absolute atomic E-state index is 0.124. The Morgan fingerprint density at radius 3 is 1.79 bits per heavy atom. The minimum atomic E-state index is -3.26. The number of nitrogens with two attached hydrogens (primary N) is 1. The predicted octanol–water partition coefficient (Wildman–Crippen LogP) is 3.21. The van der Waals surface area contributed by atoms with Crippen molar-refractivity contribution in [3.63, 3.8) is 0 Å². The van der Waals surface area contributed by atoms with E-state index in [0.717, 1.165) is 32.5 Å². The van der Waals surface area contributed by atoms with E-state index in [1.807, 2.05) is 0 Å². The van der Waals surface area contributed by atoms with E-state index in [4.69, 9.17) is 9.88 Å². The number of unbranched alkanes of at least 4 members (excludes halogenated alkanes) is 8. The van der Waals surface area contributed by atoms with Crippen LogP contribution in [0.25, 0.3) is 0 Å². The minimum Gasteiger partial charge on any atom is -0.381 e. The summed E-state index contributed by atoms with van der Waals surface area (Å²) in [6.45, 7) is 3.99. The highest BCUT2D eigenvalue weighted by molar-refractivity contribution is 7.89. The highest BCUT2D eigenvalue weighted by Gasteiger charge is 2.01. The molecule has 0 aromatic rings. The van der Waals surface area contributed by atoms with Crippen molar-refractivity contribution in [2.24, 2.45) is 5.14 Å². The van der Waals surface area contributed by atoms with Crippen molar-refractivity contribution in [1.82, 2.24) is 0 Å². The molecule has 0 aliphatic carbocycles. The molecule has 116 valence electrons. The lowest BCUT2D eigenvalue weighted by molar-refractivity contribution is 0.126. The second-order valence-corrected chi connectivity index (χ2v) is 6.90. The molecular weight excluding hydrogens is 262 g/mol. The van der Waals surface area contributed by atoms with Gasteiger partial charge >= 0.3 is 0 Å². The summed E-state index contributed by atoms with van der Waals surface area (Å²) in [5.41, 5.74) is 0. The van der Waals surface area contributed by atoms with Gasteiger partial charge in [-0.1, -0.05) is 51.9 Å². The van der Waals surface area contributed by atoms with Crippen LogP contribution in [0.5, 0.6) is 0 Å². The van der Waals surface area contributed by atoms with E-state index in [2.05, 4.69) is 6.92 Å². The number of sulfonamides is 1. The van der Waals surface area contributed by atoms with Crippen LogP contribution in [0.2, 0.25) is 0 Å². The molecule has 0 saturated carbocycles. The van der Waals surface area contributed by atoms with Crippen LogP contribution < -0.4 is 5.14 Å². The van der Waals surface area contributed by atoms with Crippen LogP contribution >= 0.6 is 0 Å². The Morgan fingerprint density at radius 1 is 0.789 bits per heavy atom. The molecule has 0 amide bonds. The molecule has 0 fully saturated rings. The summed E-state index contributed by atoms with van der Waals surface area (Å²) in [5.74, 6) is 0.124. The van der Waals surface area contributed by atoms with E-state index in [-0.39, 0.29) is 5.75 Å². The number of hydrogen-bond acceptors (Lipinski definition) is 3. The normalized spacial score (nSPS) is 11.9. The lowest BCUT2D eigenvalue weighted by Crippen LogP contribution is -2.16. The summed E-state index contributed by atoms with van der Waals surface area (Å²) in [5, 5.41) is 4.93. The van der Waals surface area contributed by atoms with Crippen molar-refractivity contribution < 1.29 is 13.2 Å². The van der Waals surface area contributed by atoms with Gasteiger partial charge in [0, 0.05) is 13.2 Å². The van der Waals surface area contributed by atoms with Gasteiger partial charge in [0.1, 0.15) is 0 Å². The van der Waals surface area contributed by atoms with Crippen molar-refractivity contribution in [1.29, 1.82) is 0 Å². The van der Waals surface area contributed by atoms with E-state index in [1.54, 1.807) is 0 Å². The van der Waals surface area contributed by atoms with Crippen LogP contribution in [-0.2, 0) is 14.8 Å². The Morgan fingerprint density at radius 2 is 1.26 bits per heavy atom. The molecule has 0 aromatic carbocycles. The molecule has 0 unspecified atom stereocenters. The molecule has 0 rings (SSSR count). The smallest absolute Gasteiger partial charge is 0.209 e. The molecular formula is C14H31NO3S. The average Bonchev–Trinajstić information content (AvgIpc) is 2.34. The molecule has 0 aliphatic heterocycles. The van der Waals surface area contributed by atoms with Gasteiger partial charge in [-0.15, -0.1) is 0 Å². The topological polar surface area (TPSA) is 69.4 Å². The number of hydrogen-bond donors (Lipinski definition) is 1. The average molecular weight is 293 g/mol. The zero-order chi connectivity index (χ0) is 14.4.